The van der Waals surface area contributed by atoms with Crippen LogP contribution >= 0.6 is 0 Å². The molecule has 3 aromatic carbocycles. The summed E-state index contributed by atoms with van der Waals surface area (Å²) >= 11 is 0. The van der Waals surface area contributed by atoms with Gasteiger partial charge in [0.05, 0.1) is 18.3 Å². The zero-order chi connectivity index (χ0) is 26.8. The van der Waals surface area contributed by atoms with Crippen LogP contribution in [0.4, 0.5) is 15.8 Å². The molecule has 2 unspecified atom stereocenters. The molecule has 9 nitrogen and oxygen atoms in total. The lowest BCUT2D eigenvalue weighted by molar-refractivity contribution is -0.133. The lowest BCUT2D eigenvalue weighted by atomic mass is 10.1. The minimum atomic E-state index is -1.31. The van der Waals surface area contributed by atoms with Crippen LogP contribution in [0.1, 0.15) is 28.4 Å². The lowest BCUT2D eigenvalue weighted by Gasteiger charge is -2.19. The summed E-state index contributed by atoms with van der Waals surface area (Å²) in [6, 6.07) is 17.9. The standard InChI is InChI=1S/C27H25FN4O5/c1-17(33)25(27(36)32-37)31-26(35)20-12-8-18(9-13-20)6-7-19-10-14-21(15-11-19)30-24(34)16-29-23-5-3-2-4-22(23)28/h2-5,8-15,17,25,29,33,37H,16H2,1H3,(H,30,34)(H,31,35)(H,32,36). The average Bonchev–Trinajstić information content (AvgIpc) is 2.90. The molecule has 0 aliphatic heterocycles. The van der Waals surface area contributed by atoms with Crippen LogP contribution in [0, 0.1) is 17.7 Å². The van der Waals surface area contributed by atoms with Gasteiger partial charge in [0.2, 0.25) is 5.91 Å². The number of carbonyl (C=O) groups is 3. The number of benzene rings is 3. The Kier molecular flexibility index (Phi) is 9.32. The highest BCUT2D eigenvalue weighted by Gasteiger charge is 2.25. The summed E-state index contributed by atoms with van der Waals surface area (Å²) in [6.07, 6.45) is -1.21. The number of aliphatic hydroxyl groups is 1. The van der Waals surface area contributed by atoms with Crippen LogP contribution in [-0.4, -0.2) is 46.7 Å². The molecule has 0 aliphatic rings. The van der Waals surface area contributed by atoms with E-state index in [0.717, 1.165) is 0 Å². The van der Waals surface area contributed by atoms with Crippen LogP contribution in [0.3, 0.4) is 0 Å². The first-order chi connectivity index (χ1) is 17.8. The number of aliphatic hydroxyl groups excluding tert-OH is 1. The van der Waals surface area contributed by atoms with E-state index in [2.05, 4.69) is 27.8 Å². The molecule has 190 valence electrons. The Labute approximate surface area is 212 Å². The lowest BCUT2D eigenvalue weighted by Crippen LogP contribution is -2.51. The van der Waals surface area contributed by atoms with Gasteiger partial charge in [-0.1, -0.05) is 24.0 Å². The minimum absolute atomic E-state index is 0.0924. The van der Waals surface area contributed by atoms with Gasteiger partial charge in [-0.05, 0) is 67.6 Å². The zero-order valence-electron chi connectivity index (χ0n) is 19.8. The van der Waals surface area contributed by atoms with E-state index in [-0.39, 0.29) is 23.7 Å². The SMILES string of the molecule is CC(O)C(NC(=O)c1ccc(C#Cc2ccc(NC(=O)CNc3ccccc3F)cc2)cc1)C(=O)NO. The van der Waals surface area contributed by atoms with Gasteiger partial charge in [-0.15, -0.1) is 0 Å². The Morgan fingerprint density at radius 2 is 1.51 bits per heavy atom. The Bertz CT molecular complexity index is 1320. The van der Waals surface area contributed by atoms with Crippen molar-refractivity contribution in [3.05, 3.63) is 95.3 Å². The van der Waals surface area contributed by atoms with Gasteiger partial charge in [-0.3, -0.25) is 19.6 Å². The van der Waals surface area contributed by atoms with Gasteiger partial charge in [0.15, 0.2) is 0 Å². The van der Waals surface area contributed by atoms with Crippen molar-refractivity contribution < 1.29 is 29.1 Å². The number of para-hydroxylation sites is 1. The highest BCUT2D eigenvalue weighted by atomic mass is 19.1. The average molecular weight is 505 g/mol. The smallest absolute Gasteiger partial charge is 0.268 e. The molecule has 3 aromatic rings. The molecule has 0 radical (unpaired) electrons. The first-order valence-corrected chi connectivity index (χ1v) is 11.2. The van der Waals surface area contributed by atoms with Crippen molar-refractivity contribution >= 4 is 29.1 Å². The molecule has 3 amide bonds. The first-order valence-electron chi connectivity index (χ1n) is 11.2. The largest absolute Gasteiger partial charge is 0.391 e. The van der Waals surface area contributed by atoms with Gasteiger partial charge >= 0.3 is 0 Å². The fourth-order valence-corrected chi connectivity index (χ4v) is 3.17. The summed E-state index contributed by atoms with van der Waals surface area (Å²) in [5.41, 5.74) is 3.78. The monoisotopic (exact) mass is 504 g/mol. The predicted molar refractivity (Wildman–Crippen MR) is 135 cm³/mol. The quantitative estimate of drug-likeness (QED) is 0.158. The van der Waals surface area contributed by atoms with Crippen molar-refractivity contribution in [1.82, 2.24) is 10.8 Å². The highest BCUT2D eigenvalue weighted by molar-refractivity contribution is 5.97. The molecule has 2 atom stereocenters. The number of rotatable bonds is 8. The van der Waals surface area contributed by atoms with Crippen LogP contribution < -0.4 is 21.4 Å². The first kappa shape index (κ1) is 26.9. The fraction of sp³-hybridized carbons (Fsp3) is 0.148. The summed E-state index contributed by atoms with van der Waals surface area (Å²) in [7, 11) is 0. The van der Waals surface area contributed by atoms with E-state index < -0.39 is 29.8 Å². The summed E-state index contributed by atoms with van der Waals surface area (Å²) in [4.78, 5) is 36.0. The molecular formula is C27H25FN4O5. The van der Waals surface area contributed by atoms with Crippen LogP contribution in [0.25, 0.3) is 0 Å². The van der Waals surface area contributed by atoms with Crippen LogP contribution in [-0.2, 0) is 9.59 Å². The number of anilines is 2. The van der Waals surface area contributed by atoms with E-state index in [1.807, 2.05) is 0 Å². The number of carbonyl (C=O) groups excluding carboxylic acids is 3. The van der Waals surface area contributed by atoms with E-state index in [1.54, 1.807) is 54.6 Å². The van der Waals surface area contributed by atoms with Gasteiger partial charge in [0.1, 0.15) is 11.9 Å². The van der Waals surface area contributed by atoms with Gasteiger partial charge < -0.3 is 21.1 Å². The Balaban J connectivity index is 1.54. The van der Waals surface area contributed by atoms with Crippen molar-refractivity contribution in [3.8, 4) is 11.8 Å². The second-order valence-electron chi connectivity index (χ2n) is 7.95. The van der Waals surface area contributed by atoms with Crippen LogP contribution in [0.2, 0.25) is 0 Å². The maximum atomic E-state index is 13.6. The predicted octanol–water partition coefficient (Wildman–Crippen LogP) is 2.26. The molecule has 0 saturated carbocycles. The number of hydrogen-bond donors (Lipinski definition) is 6. The zero-order valence-corrected chi connectivity index (χ0v) is 19.8. The molecule has 10 heteroatoms. The maximum Gasteiger partial charge on any atom is 0.268 e. The van der Waals surface area contributed by atoms with Crippen molar-refractivity contribution in [1.29, 1.82) is 0 Å². The normalized spacial score (nSPS) is 11.8. The third kappa shape index (κ3) is 7.90. The molecule has 0 bridgehead atoms. The number of hydrogen-bond acceptors (Lipinski definition) is 6. The van der Waals surface area contributed by atoms with Gasteiger partial charge in [0, 0.05) is 22.4 Å². The molecule has 0 saturated heterocycles. The topological polar surface area (TPSA) is 140 Å². The summed E-state index contributed by atoms with van der Waals surface area (Å²) in [5, 5.41) is 26.2. The van der Waals surface area contributed by atoms with E-state index in [0.29, 0.717) is 16.8 Å². The minimum Gasteiger partial charge on any atom is -0.391 e. The van der Waals surface area contributed by atoms with E-state index in [9.17, 15) is 23.9 Å². The van der Waals surface area contributed by atoms with E-state index in [4.69, 9.17) is 5.21 Å². The Morgan fingerprint density at radius 1 is 0.919 bits per heavy atom. The Hall–Kier alpha value is -4.72. The number of hydroxylamine groups is 1. The fourth-order valence-electron chi connectivity index (χ4n) is 3.17. The molecule has 0 spiro atoms. The van der Waals surface area contributed by atoms with Gasteiger partial charge in [-0.25, -0.2) is 9.87 Å². The van der Waals surface area contributed by atoms with Crippen LogP contribution in [0.5, 0.6) is 0 Å². The summed E-state index contributed by atoms with van der Waals surface area (Å²) < 4.78 is 13.6. The van der Waals surface area contributed by atoms with Crippen LogP contribution in [0.15, 0.2) is 72.8 Å². The highest BCUT2D eigenvalue weighted by Crippen LogP contribution is 2.13. The maximum absolute atomic E-state index is 13.6. The second kappa shape index (κ2) is 12.8. The van der Waals surface area contributed by atoms with Crippen molar-refractivity contribution in [2.45, 2.75) is 19.1 Å². The van der Waals surface area contributed by atoms with Gasteiger partial charge in [0.25, 0.3) is 11.8 Å². The third-order valence-corrected chi connectivity index (χ3v) is 5.14. The van der Waals surface area contributed by atoms with Crippen molar-refractivity contribution in [2.24, 2.45) is 0 Å². The number of halogens is 1. The van der Waals surface area contributed by atoms with Crippen molar-refractivity contribution in [2.75, 3.05) is 17.2 Å². The second-order valence-corrected chi connectivity index (χ2v) is 7.95. The number of nitrogens with one attached hydrogen (secondary N) is 4. The summed E-state index contributed by atoms with van der Waals surface area (Å²) in [5.74, 6) is 3.64. The van der Waals surface area contributed by atoms with E-state index >= 15 is 0 Å². The number of amides is 3. The molecular weight excluding hydrogens is 479 g/mol. The molecule has 0 aromatic heterocycles. The molecule has 3 rings (SSSR count). The Morgan fingerprint density at radius 3 is 2.08 bits per heavy atom. The van der Waals surface area contributed by atoms with E-state index in [1.165, 1.54) is 30.6 Å². The molecule has 0 heterocycles. The summed E-state index contributed by atoms with van der Waals surface area (Å²) in [6.45, 7) is 1.22. The molecule has 0 aliphatic carbocycles. The molecule has 0 fully saturated rings. The van der Waals surface area contributed by atoms with Gasteiger partial charge in [-0.2, -0.15) is 0 Å². The van der Waals surface area contributed by atoms with Crippen molar-refractivity contribution in [3.63, 3.8) is 0 Å². The molecule has 6 N–H and O–H groups in total. The molecule has 37 heavy (non-hydrogen) atoms. The third-order valence-electron chi connectivity index (χ3n) is 5.14.